The minimum absolute atomic E-state index is 0.248. The van der Waals surface area contributed by atoms with Crippen molar-refractivity contribution in [2.24, 2.45) is 4.99 Å². The topological polar surface area (TPSA) is 117 Å². The van der Waals surface area contributed by atoms with Crippen molar-refractivity contribution in [1.82, 2.24) is 35.9 Å². The maximum absolute atomic E-state index is 13.5. The molecule has 0 spiro atoms. The van der Waals surface area contributed by atoms with Gasteiger partial charge in [0.1, 0.15) is 11.5 Å². The largest absolute Gasteiger partial charge is 0.355 e. The van der Waals surface area contributed by atoms with Crippen LogP contribution >= 0.6 is 0 Å². The highest BCUT2D eigenvalue weighted by Crippen LogP contribution is 2.22. The number of carbonyl (C=O) groups is 1. The molecule has 0 saturated heterocycles. The molecule has 3 aromatic heterocycles. The van der Waals surface area contributed by atoms with Crippen molar-refractivity contribution < 1.29 is 9.18 Å². The summed E-state index contributed by atoms with van der Waals surface area (Å²) in [6.45, 7) is 5.74. The first-order valence-electron chi connectivity index (χ1n) is 10.2. The van der Waals surface area contributed by atoms with Crippen LogP contribution in [0.5, 0.6) is 0 Å². The van der Waals surface area contributed by atoms with Gasteiger partial charge in [-0.15, -0.1) is 0 Å². The van der Waals surface area contributed by atoms with Gasteiger partial charge in [0.05, 0.1) is 12.2 Å². The molecule has 164 valence electrons. The van der Waals surface area contributed by atoms with Crippen LogP contribution in [-0.2, 0) is 13.1 Å². The number of nitrogens with one attached hydrogen (secondary N) is 3. The Bertz CT molecular complexity index is 1160. The van der Waals surface area contributed by atoms with Gasteiger partial charge in [0, 0.05) is 48.8 Å². The Morgan fingerprint density at radius 1 is 1.09 bits per heavy atom. The van der Waals surface area contributed by atoms with Gasteiger partial charge in [-0.05, 0) is 43.7 Å². The van der Waals surface area contributed by atoms with E-state index in [1.165, 1.54) is 6.07 Å². The van der Waals surface area contributed by atoms with E-state index in [9.17, 15) is 9.18 Å². The van der Waals surface area contributed by atoms with Crippen LogP contribution in [0.1, 0.15) is 33.1 Å². The van der Waals surface area contributed by atoms with Crippen molar-refractivity contribution >= 4 is 11.9 Å². The van der Waals surface area contributed by atoms with E-state index in [0.717, 1.165) is 24.2 Å². The summed E-state index contributed by atoms with van der Waals surface area (Å²) in [4.78, 5) is 33.9. The van der Waals surface area contributed by atoms with Gasteiger partial charge in [-0.25, -0.2) is 19.9 Å². The number of amides is 1. The fourth-order valence-electron chi connectivity index (χ4n) is 3.23. The van der Waals surface area contributed by atoms with Gasteiger partial charge in [-0.1, -0.05) is 0 Å². The Morgan fingerprint density at radius 3 is 2.62 bits per heavy atom. The molecule has 0 atom stereocenters. The second-order valence-corrected chi connectivity index (χ2v) is 7.34. The third kappa shape index (κ3) is 5.20. The molecular formula is C22H23FN8O. The van der Waals surface area contributed by atoms with Crippen molar-refractivity contribution in [1.29, 1.82) is 0 Å². The van der Waals surface area contributed by atoms with Gasteiger partial charge in [0.2, 0.25) is 5.95 Å². The molecule has 1 aliphatic rings. The van der Waals surface area contributed by atoms with E-state index >= 15 is 0 Å². The molecule has 1 amide bonds. The number of guanidine groups is 1. The highest BCUT2D eigenvalue weighted by molar-refractivity contribution is 5.93. The zero-order chi connectivity index (χ0) is 22.5. The maximum Gasteiger partial charge on any atom is 0.270 e. The summed E-state index contributed by atoms with van der Waals surface area (Å²) in [5, 5.41) is 9.21. The highest BCUT2D eigenvalue weighted by Gasteiger charge is 2.15. The summed E-state index contributed by atoms with van der Waals surface area (Å²) >= 11 is 0. The first kappa shape index (κ1) is 21.3. The van der Waals surface area contributed by atoms with Gasteiger partial charge in [0.15, 0.2) is 5.96 Å². The maximum atomic E-state index is 13.5. The molecule has 0 fully saturated rings. The number of aromatic nitrogens is 4. The fraction of sp³-hybridized carbons (Fsp3) is 0.273. The Kier molecular flexibility index (Phi) is 6.29. The van der Waals surface area contributed by atoms with E-state index in [-0.39, 0.29) is 18.1 Å². The molecule has 4 heterocycles. The fourth-order valence-corrected chi connectivity index (χ4v) is 3.23. The number of halogens is 1. The summed E-state index contributed by atoms with van der Waals surface area (Å²) in [5.41, 5.74) is 3.56. The average molecular weight is 434 g/mol. The van der Waals surface area contributed by atoms with E-state index in [1.807, 2.05) is 6.07 Å². The zero-order valence-corrected chi connectivity index (χ0v) is 17.8. The van der Waals surface area contributed by atoms with Crippen LogP contribution in [0.2, 0.25) is 0 Å². The third-order valence-corrected chi connectivity index (χ3v) is 4.87. The molecular weight excluding hydrogens is 411 g/mol. The molecule has 0 aliphatic carbocycles. The number of carbonyl (C=O) groups excluding carboxylic acids is 1. The second kappa shape index (κ2) is 9.46. The Balaban J connectivity index is 1.59. The Labute approximate surface area is 184 Å². The predicted molar refractivity (Wildman–Crippen MR) is 117 cm³/mol. The van der Waals surface area contributed by atoms with E-state index in [4.69, 9.17) is 0 Å². The molecule has 0 radical (unpaired) electrons. The number of rotatable bonds is 6. The molecule has 1 aliphatic heterocycles. The number of aliphatic imine (C=N–C) groups is 1. The van der Waals surface area contributed by atoms with Gasteiger partial charge >= 0.3 is 0 Å². The first-order valence-corrected chi connectivity index (χ1v) is 10.2. The molecule has 3 aromatic rings. The molecule has 9 nitrogen and oxygen atoms in total. The lowest BCUT2D eigenvalue weighted by molar-refractivity contribution is 0.0946. The van der Waals surface area contributed by atoms with E-state index in [2.05, 4.69) is 40.9 Å². The number of hydrogen-bond acceptors (Lipinski definition) is 8. The standard InChI is InChI=1S/C22H23FN8O/c1-13-17(3-4-20(23)30-13)18-7-15(9-29-22-24-5-6-25-22)8-19(31-18)21(32)28-12-16-10-26-14(2)27-11-16/h3-4,7-8,10-11H,5-6,9,12H2,1-2H3,(H,28,32)(H2,24,25,29). The van der Waals surface area contributed by atoms with Gasteiger partial charge < -0.3 is 16.0 Å². The highest BCUT2D eigenvalue weighted by atomic mass is 19.1. The van der Waals surface area contributed by atoms with E-state index < -0.39 is 5.95 Å². The van der Waals surface area contributed by atoms with Crippen LogP contribution in [0.3, 0.4) is 0 Å². The number of nitrogens with zero attached hydrogens (tertiary/aromatic N) is 5. The van der Waals surface area contributed by atoms with Gasteiger partial charge in [0.25, 0.3) is 5.91 Å². The summed E-state index contributed by atoms with van der Waals surface area (Å²) in [7, 11) is 0. The lowest BCUT2D eigenvalue weighted by atomic mass is 10.1. The normalized spacial score (nSPS) is 12.8. The van der Waals surface area contributed by atoms with Crippen LogP contribution in [0.15, 0.2) is 41.7 Å². The van der Waals surface area contributed by atoms with E-state index in [0.29, 0.717) is 35.3 Å². The van der Waals surface area contributed by atoms with Gasteiger partial charge in [-0.3, -0.25) is 9.79 Å². The lowest BCUT2D eigenvalue weighted by Gasteiger charge is -2.12. The van der Waals surface area contributed by atoms with Crippen LogP contribution in [0.4, 0.5) is 4.39 Å². The minimum atomic E-state index is -0.562. The van der Waals surface area contributed by atoms with Crippen molar-refractivity contribution in [3.63, 3.8) is 0 Å². The predicted octanol–water partition coefficient (Wildman–Crippen LogP) is 1.67. The summed E-state index contributed by atoms with van der Waals surface area (Å²) in [6.07, 6.45) is 3.34. The molecule has 0 saturated carbocycles. The smallest absolute Gasteiger partial charge is 0.270 e. The molecule has 3 N–H and O–H groups in total. The zero-order valence-electron chi connectivity index (χ0n) is 17.8. The van der Waals surface area contributed by atoms with Crippen LogP contribution in [-0.4, -0.2) is 44.9 Å². The van der Waals surface area contributed by atoms with Crippen molar-refractivity contribution in [3.8, 4) is 11.3 Å². The summed E-state index contributed by atoms with van der Waals surface area (Å²) < 4.78 is 13.5. The van der Waals surface area contributed by atoms with Crippen molar-refractivity contribution in [2.75, 3.05) is 13.1 Å². The summed E-state index contributed by atoms with van der Waals surface area (Å²) in [5.74, 6) is 0.481. The lowest BCUT2D eigenvalue weighted by Crippen LogP contribution is -2.33. The van der Waals surface area contributed by atoms with Crippen LogP contribution in [0.25, 0.3) is 11.3 Å². The monoisotopic (exact) mass is 434 g/mol. The molecule has 32 heavy (non-hydrogen) atoms. The molecule has 10 heteroatoms. The molecule has 0 bridgehead atoms. The SMILES string of the molecule is Cc1ncc(CNC(=O)c2cc(CNC3=NCCN3)cc(-c3ccc(F)nc3C)n2)cn1. The van der Waals surface area contributed by atoms with Crippen molar-refractivity contribution in [3.05, 3.63) is 70.9 Å². The third-order valence-electron chi connectivity index (χ3n) is 4.87. The second-order valence-electron chi connectivity index (χ2n) is 7.34. The number of hydrogen-bond donors (Lipinski definition) is 3. The average Bonchev–Trinajstić information content (AvgIpc) is 3.30. The number of aryl methyl sites for hydroxylation is 2. The Morgan fingerprint density at radius 2 is 1.91 bits per heavy atom. The molecule has 0 unspecified atom stereocenters. The van der Waals surface area contributed by atoms with Crippen LogP contribution < -0.4 is 16.0 Å². The first-order chi connectivity index (χ1) is 15.5. The number of pyridine rings is 2. The Hall–Kier alpha value is -3.95. The van der Waals surface area contributed by atoms with Crippen LogP contribution in [0, 0.1) is 19.8 Å². The molecule has 0 aromatic carbocycles. The minimum Gasteiger partial charge on any atom is -0.355 e. The van der Waals surface area contributed by atoms with Gasteiger partial charge in [-0.2, -0.15) is 4.39 Å². The summed E-state index contributed by atoms with van der Waals surface area (Å²) in [6, 6.07) is 6.47. The van der Waals surface area contributed by atoms with Crippen molar-refractivity contribution in [2.45, 2.75) is 26.9 Å². The molecule has 4 rings (SSSR count). The van der Waals surface area contributed by atoms with E-state index in [1.54, 1.807) is 38.4 Å². The quantitative estimate of drug-likeness (QED) is 0.505.